The molecular weight excluding hydrogens is 206 g/mol. The number of nitrogens with one attached hydrogen (secondary N) is 1. The predicted molar refractivity (Wildman–Crippen MR) is 77.0 cm³/mol. The number of allylic oxidation sites excluding steroid dienone is 2. The Kier molecular flexibility index (Phi) is 5.02. The van der Waals surface area contributed by atoms with Gasteiger partial charge in [-0.2, -0.15) is 0 Å². The number of hydrogen-bond acceptors (Lipinski definition) is 1. The van der Waals surface area contributed by atoms with Crippen LogP contribution in [0.5, 0.6) is 0 Å². The molecule has 0 heterocycles. The van der Waals surface area contributed by atoms with Crippen molar-refractivity contribution >= 4 is 5.70 Å². The zero-order valence-electron chi connectivity index (χ0n) is 11.4. The molecule has 1 N–H and O–H groups in total. The quantitative estimate of drug-likeness (QED) is 0.745. The number of rotatable bonds is 5. The lowest BCUT2D eigenvalue weighted by molar-refractivity contribution is 0.819. The van der Waals surface area contributed by atoms with Gasteiger partial charge in [0.1, 0.15) is 0 Å². The maximum Gasteiger partial charge on any atom is 0.0446 e. The van der Waals surface area contributed by atoms with E-state index in [-0.39, 0.29) is 0 Å². The van der Waals surface area contributed by atoms with Crippen LogP contribution in [0.2, 0.25) is 0 Å². The fraction of sp³-hybridized carbons (Fsp3) is 0.375. The summed E-state index contributed by atoms with van der Waals surface area (Å²) in [5, 5.41) is 3.51. The minimum absolute atomic E-state index is 0.994. The summed E-state index contributed by atoms with van der Waals surface area (Å²) in [5.74, 6) is 0. The maximum absolute atomic E-state index is 3.87. The molecule has 17 heavy (non-hydrogen) atoms. The van der Waals surface area contributed by atoms with Crippen LogP contribution in [0.25, 0.3) is 5.70 Å². The van der Waals surface area contributed by atoms with Crippen LogP contribution in [0.15, 0.2) is 36.4 Å². The van der Waals surface area contributed by atoms with Crippen LogP contribution in [0.1, 0.15) is 37.0 Å². The van der Waals surface area contributed by atoms with E-state index >= 15 is 0 Å². The smallest absolute Gasteiger partial charge is 0.0446 e. The zero-order valence-corrected chi connectivity index (χ0v) is 11.4. The highest BCUT2D eigenvalue weighted by molar-refractivity contribution is 5.71. The number of aryl methyl sites for hydroxylation is 2. The summed E-state index contributed by atoms with van der Waals surface area (Å²) < 4.78 is 0. The van der Waals surface area contributed by atoms with E-state index in [0.29, 0.717) is 0 Å². The lowest BCUT2D eigenvalue weighted by Gasteiger charge is -2.16. The summed E-state index contributed by atoms with van der Waals surface area (Å²) in [6.45, 7) is 13.4. The van der Waals surface area contributed by atoms with Crippen molar-refractivity contribution in [2.75, 3.05) is 6.54 Å². The van der Waals surface area contributed by atoms with Crippen molar-refractivity contribution in [3.05, 3.63) is 53.1 Å². The second-order valence-electron chi connectivity index (χ2n) is 4.51. The fourth-order valence-corrected chi connectivity index (χ4v) is 1.80. The molecule has 0 aliphatic carbocycles. The predicted octanol–water partition coefficient (Wildman–Crippen LogP) is 4.22. The molecule has 1 nitrogen and oxygen atoms in total. The van der Waals surface area contributed by atoms with Gasteiger partial charge in [-0.1, -0.05) is 37.3 Å². The van der Waals surface area contributed by atoms with E-state index < -0.39 is 0 Å². The first-order chi connectivity index (χ1) is 8.10. The van der Waals surface area contributed by atoms with Gasteiger partial charge in [0.05, 0.1) is 0 Å². The van der Waals surface area contributed by atoms with Crippen LogP contribution in [-0.2, 0) is 0 Å². The van der Waals surface area contributed by atoms with Crippen LogP contribution < -0.4 is 5.32 Å². The van der Waals surface area contributed by atoms with Gasteiger partial charge >= 0.3 is 0 Å². The Morgan fingerprint density at radius 1 is 1.35 bits per heavy atom. The van der Waals surface area contributed by atoms with Gasteiger partial charge in [-0.3, -0.25) is 0 Å². The Morgan fingerprint density at radius 3 is 2.65 bits per heavy atom. The summed E-state index contributed by atoms with van der Waals surface area (Å²) in [7, 11) is 0. The topological polar surface area (TPSA) is 12.0 Å². The molecular formula is C16H23N. The maximum atomic E-state index is 3.87. The molecule has 0 atom stereocenters. The highest BCUT2D eigenvalue weighted by Gasteiger charge is 2.07. The van der Waals surface area contributed by atoms with Crippen LogP contribution in [-0.4, -0.2) is 6.54 Å². The summed E-state index contributed by atoms with van der Waals surface area (Å²) in [6, 6.07) is 6.56. The van der Waals surface area contributed by atoms with Crippen molar-refractivity contribution in [3.8, 4) is 0 Å². The van der Waals surface area contributed by atoms with Crippen LogP contribution in [0.3, 0.4) is 0 Å². The third kappa shape index (κ3) is 3.48. The molecule has 0 unspecified atom stereocenters. The number of hydrogen-bond donors (Lipinski definition) is 1. The van der Waals surface area contributed by atoms with E-state index in [0.717, 1.165) is 13.0 Å². The van der Waals surface area contributed by atoms with Crippen molar-refractivity contribution < 1.29 is 0 Å². The minimum atomic E-state index is 0.994. The standard InChI is InChI=1S/C16H23N/c1-6-10-17-16(13(4)7-2)15-11-12(3)8-9-14(15)5/h7-9,11,17H,2,6,10H2,1,3-5H3/b16-13+. The van der Waals surface area contributed by atoms with Crippen molar-refractivity contribution in [2.24, 2.45) is 0 Å². The van der Waals surface area contributed by atoms with Crippen molar-refractivity contribution in [1.29, 1.82) is 0 Å². The average Bonchev–Trinajstić information content (AvgIpc) is 2.33. The van der Waals surface area contributed by atoms with Gasteiger partial charge < -0.3 is 5.32 Å². The highest BCUT2D eigenvalue weighted by Crippen LogP contribution is 2.21. The molecule has 0 saturated heterocycles. The van der Waals surface area contributed by atoms with E-state index in [9.17, 15) is 0 Å². The van der Waals surface area contributed by atoms with Gasteiger partial charge in [-0.25, -0.2) is 0 Å². The summed E-state index contributed by atoms with van der Waals surface area (Å²) in [6.07, 6.45) is 3.04. The van der Waals surface area contributed by atoms with E-state index in [1.807, 2.05) is 6.08 Å². The van der Waals surface area contributed by atoms with Crippen molar-refractivity contribution in [1.82, 2.24) is 5.32 Å². The third-order valence-corrected chi connectivity index (χ3v) is 2.91. The molecule has 1 rings (SSSR count). The Labute approximate surface area is 105 Å². The van der Waals surface area contributed by atoms with Gasteiger partial charge in [0.2, 0.25) is 0 Å². The Hall–Kier alpha value is -1.50. The number of benzene rings is 1. The molecule has 1 aromatic carbocycles. The van der Waals surface area contributed by atoms with Crippen molar-refractivity contribution in [2.45, 2.75) is 34.1 Å². The van der Waals surface area contributed by atoms with Crippen molar-refractivity contribution in [3.63, 3.8) is 0 Å². The first-order valence-corrected chi connectivity index (χ1v) is 6.25. The third-order valence-electron chi connectivity index (χ3n) is 2.91. The molecule has 0 amide bonds. The Morgan fingerprint density at radius 2 is 2.06 bits per heavy atom. The van der Waals surface area contributed by atoms with E-state index in [4.69, 9.17) is 0 Å². The highest BCUT2D eigenvalue weighted by atomic mass is 14.9. The van der Waals surface area contributed by atoms with E-state index in [2.05, 4.69) is 57.8 Å². The Balaban J connectivity index is 3.22. The monoisotopic (exact) mass is 229 g/mol. The van der Waals surface area contributed by atoms with Gasteiger partial charge in [0.25, 0.3) is 0 Å². The van der Waals surface area contributed by atoms with Crippen LogP contribution >= 0.6 is 0 Å². The average molecular weight is 229 g/mol. The molecule has 0 aromatic heterocycles. The lowest BCUT2D eigenvalue weighted by Crippen LogP contribution is -2.15. The summed E-state index contributed by atoms with van der Waals surface area (Å²) in [4.78, 5) is 0. The molecule has 92 valence electrons. The second kappa shape index (κ2) is 6.29. The molecule has 0 aliphatic heterocycles. The molecule has 1 heteroatoms. The second-order valence-corrected chi connectivity index (χ2v) is 4.51. The lowest BCUT2D eigenvalue weighted by atomic mass is 9.99. The van der Waals surface area contributed by atoms with Crippen LogP contribution in [0.4, 0.5) is 0 Å². The zero-order chi connectivity index (χ0) is 12.8. The summed E-state index contributed by atoms with van der Waals surface area (Å²) in [5.41, 5.74) is 6.29. The van der Waals surface area contributed by atoms with E-state index in [1.54, 1.807) is 0 Å². The first kappa shape index (κ1) is 13.6. The molecule has 0 spiro atoms. The first-order valence-electron chi connectivity index (χ1n) is 6.25. The largest absolute Gasteiger partial charge is 0.384 e. The van der Waals surface area contributed by atoms with Gasteiger partial charge in [0, 0.05) is 17.8 Å². The SMILES string of the molecule is C=C/C(C)=C(/NCCC)c1cc(C)ccc1C. The van der Waals surface area contributed by atoms with Gasteiger partial charge in [-0.05, 0) is 44.4 Å². The molecule has 0 saturated carbocycles. The fourth-order valence-electron chi connectivity index (χ4n) is 1.80. The summed E-state index contributed by atoms with van der Waals surface area (Å²) >= 11 is 0. The van der Waals surface area contributed by atoms with Gasteiger partial charge in [0.15, 0.2) is 0 Å². The molecule has 0 aliphatic rings. The Bertz CT molecular complexity index is 427. The minimum Gasteiger partial charge on any atom is -0.384 e. The molecule has 1 aromatic rings. The molecule has 0 bridgehead atoms. The molecule has 0 fully saturated rings. The van der Waals surface area contributed by atoms with Gasteiger partial charge in [-0.15, -0.1) is 0 Å². The van der Waals surface area contributed by atoms with E-state index in [1.165, 1.54) is 28.0 Å². The molecule has 0 radical (unpaired) electrons. The van der Waals surface area contributed by atoms with Crippen LogP contribution in [0, 0.1) is 13.8 Å². The normalized spacial score (nSPS) is 12.0.